The molecule has 166 valence electrons. The molecule has 2 aromatic carbocycles. The summed E-state index contributed by atoms with van der Waals surface area (Å²) >= 11 is 0. The number of carbonyl (C=O) groups is 2. The maximum atomic E-state index is 12.8. The van der Waals surface area contributed by atoms with Gasteiger partial charge in [0.15, 0.2) is 5.75 Å². The fourth-order valence-corrected chi connectivity index (χ4v) is 2.61. The Morgan fingerprint density at radius 1 is 1.03 bits per heavy atom. The minimum absolute atomic E-state index is 0.0189. The maximum Gasteiger partial charge on any atom is 0.310 e. The molecule has 10 nitrogen and oxygen atoms in total. The zero-order chi connectivity index (χ0) is 22.8. The summed E-state index contributed by atoms with van der Waals surface area (Å²) in [6, 6.07) is 8.30. The van der Waals surface area contributed by atoms with Gasteiger partial charge in [-0.3, -0.25) is 19.7 Å². The predicted molar refractivity (Wildman–Crippen MR) is 116 cm³/mol. The zero-order valence-electron chi connectivity index (χ0n) is 17.3. The number of anilines is 1. The Labute approximate surface area is 179 Å². The van der Waals surface area contributed by atoms with Gasteiger partial charge in [0, 0.05) is 23.3 Å². The fourth-order valence-electron chi connectivity index (χ4n) is 2.61. The van der Waals surface area contributed by atoms with Gasteiger partial charge in [-0.1, -0.05) is 13.3 Å². The van der Waals surface area contributed by atoms with E-state index in [9.17, 15) is 19.7 Å². The molecule has 0 saturated carbocycles. The molecule has 0 aliphatic rings. The number of nitro benzene ring substituents is 1. The number of nitrogens with zero attached hydrogens (tertiary/aromatic N) is 1. The lowest BCUT2D eigenvalue weighted by Crippen LogP contribution is -2.15. The van der Waals surface area contributed by atoms with E-state index in [-0.39, 0.29) is 29.2 Å². The number of benzene rings is 2. The van der Waals surface area contributed by atoms with Crippen LogP contribution in [0.3, 0.4) is 0 Å². The van der Waals surface area contributed by atoms with E-state index in [0.717, 1.165) is 12.8 Å². The molecule has 0 aliphatic carbocycles. The largest absolute Gasteiger partial charge is 0.491 e. The summed E-state index contributed by atoms with van der Waals surface area (Å²) in [4.78, 5) is 34.9. The number of ether oxygens (including phenoxy) is 2. The van der Waals surface area contributed by atoms with Gasteiger partial charge in [0.2, 0.25) is 5.91 Å². The smallest absolute Gasteiger partial charge is 0.310 e. The Morgan fingerprint density at radius 3 is 2.32 bits per heavy atom. The molecule has 2 aromatic rings. The van der Waals surface area contributed by atoms with Crippen LogP contribution in [0.2, 0.25) is 0 Å². The highest BCUT2D eigenvalue weighted by atomic mass is 16.6. The van der Waals surface area contributed by atoms with Crippen molar-refractivity contribution in [3.05, 3.63) is 57.6 Å². The van der Waals surface area contributed by atoms with Gasteiger partial charge in [-0.2, -0.15) is 0 Å². The van der Waals surface area contributed by atoms with Crippen molar-refractivity contribution in [3.8, 4) is 11.5 Å². The van der Waals surface area contributed by atoms with Crippen molar-refractivity contribution >= 4 is 23.2 Å². The third-order valence-electron chi connectivity index (χ3n) is 4.29. The molecule has 0 bridgehead atoms. The van der Waals surface area contributed by atoms with E-state index in [1.54, 1.807) is 0 Å². The van der Waals surface area contributed by atoms with Gasteiger partial charge in [0.1, 0.15) is 5.75 Å². The predicted octanol–water partition coefficient (Wildman–Crippen LogP) is 2.85. The molecule has 0 unspecified atom stereocenters. The van der Waals surface area contributed by atoms with E-state index in [0.29, 0.717) is 31.0 Å². The lowest BCUT2D eigenvalue weighted by molar-refractivity contribution is -0.385. The van der Waals surface area contributed by atoms with Crippen molar-refractivity contribution in [3.63, 3.8) is 0 Å². The Morgan fingerprint density at radius 2 is 1.68 bits per heavy atom. The summed E-state index contributed by atoms with van der Waals surface area (Å²) < 4.78 is 11.1. The zero-order valence-corrected chi connectivity index (χ0v) is 17.3. The van der Waals surface area contributed by atoms with Gasteiger partial charge >= 0.3 is 5.69 Å². The van der Waals surface area contributed by atoms with Gasteiger partial charge < -0.3 is 26.3 Å². The van der Waals surface area contributed by atoms with E-state index in [1.165, 1.54) is 36.4 Å². The molecule has 10 heteroatoms. The third-order valence-corrected chi connectivity index (χ3v) is 4.29. The molecule has 0 aliphatic heterocycles. The number of unbranched alkanes of at least 4 members (excludes halogenated alkanes) is 1. The molecule has 0 radical (unpaired) electrons. The highest BCUT2D eigenvalue weighted by Gasteiger charge is 2.19. The Hall–Kier alpha value is -3.66. The van der Waals surface area contributed by atoms with Crippen LogP contribution in [0.1, 0.15) is 46.9 Å². The topological polar surface area (TPSA) is 160 Å². The SMILES string of the molecule is CCCCOc1cc(C(N)=O)ccc1NC(=O)c1ccc([N+](=O)[O-])c(OCCCN)c1. The minimum atomic E-state index is -0.618. The molecule has 2 amide bonds. The molecule has 0 fully saturated rings. The van der Waals surface area contributed by atoms with Crippen LogP contribution in [0.15, 0.2) is 36.4 Å². The number of nitro groups is 1. The second kappa shape index (κ2) is 11.5. The number of hydrogen-bond acceptors (Lipinski definition) is 7. The molecule has 0 saturated heterocycles. The van der Waals surface area contributed by atoms with E-state index in [2.05, 4.69) is 5.32 Å². The summed E-state index contributed by atoms with van der Waals surface area (Å²) in [7, 11) is 0. The van der Waals surface area contributed by atoms with Crippen LogP contribution < -0.4 is 26.3 Å². The van der Waals surface area contributed by atoms with Crippen LogP contribution in [0.25, 0.3) is 0 Å². The molecule has 0 atom stereocenters. The Kier molecular flexibility index (Phi) is 8.77. The van der Waals surface area contributed by atoms with E-state index >= 15 is 0 Å². The van der Waals surface area contributed by atoms with Crippen LogP contribution in [0, 0.1) is 10.1 Å². The van der Waals surface area contributed by atoms with Crippen molar-refractivity contribution in [2.24, 2.45) is 11.5 Å². The molecule has 31 heavy (non-hydrogen) atoms. The molecular weight excluding hydrogens is 404 g/mol. The van der Waals surface area contributed by atoms with Crippen LogP contribution in [0.4, 0.5) is 11.4 Å². The lowest BCUT2D eigenvalue weighted by Gasteiger charge is -2.14. The van der Waals surface area contributed by atoms with Crippen molar-refractivity contribution in [2.45, 2.75) is 26.2 Å². The van der Waals surface area contributed by atoms with Gasteiger partial charge in [-0.15, -0.1) is 0 Å². The number of hydrogen-bond donors (Lipinski definition) is 3. The van der Waals surface area contributed by atoms with Gasteiger partial charge in [-0.25, -0.2) is 0 Å². The lowest BCUT2D eigenvalue weighted by atomic mass is 10.1. The molecule has 0 aromatic heterocycles. The second-order valence-corrected chi connectivity index (χ2v) is 6.66. The number of carbonyl (C=O) groups excluding carboxylic acids is 2. The van der Waals surface area contributed by atoms with Crippen LogP contribution in [0.5, 0.6) is 11.5 Å². The van der Waals surface area contributed by atoms with Gasteiger partial charge in [0.25, 0.3) is 5.91 Å². The van der Waals surface area contributed by atoms with Crippen LogP contribution in [-0.4, -0.2) is 36.5 Å². The number of nitrogens with one attached hydrogen (secondary N) is 1. The Balaban J connectivity index is 2.27. The highest BCUT2D eigenvalue weighted by molar-refractivity contribution is 6.06. The van der Waals surface area contributed by atoms with E-state index < -0.39 is 16.7 Å². The second-order valence-electron chi connectivity index (χ2n) is 6.66. The average molecular weight is 430 g/mol. The molecular formula is C21H26N4O6. The first-order valence-corrected chi connectivity index (χ1v) is 9.86. The monoisotopic (exact) mass is 430 g/mol. The van der Waals surface area contributed by atoms with Crippen molar-refractivity contribution in [2.75, 3.05) is 25.1 Å². The summed E-state index contributed by atoms with van der Waals surface area (Å²) in [5.41, 5.74) is 11.2. The summed E-state index contributed by atoms with van der Waals surface area (Å²) in [5, 5.41) is 13.9. The standard InChI is InChI=1S/C21H26N4O6/c1-2-3-10-30-18-12-14(20(23)26)5-7-16(18)24-21(27)15-6-8-17(25(28)29)19(13-15)31-11-4-9-22/h5-8,12-13H,2-4,9-11,22H2,1H3,(H2,23,26)(H,24,27). The quantitative estimate of drug-likeness (QED) is 0.265. The van der Waals surface area contributed by atoms with Crippen molar-refractivity contribution in [1.82, 2.24) is 0 Å². The van der Waals surface area contributed by atoms with Gasteiger partial charge in [-0.05, 0) is 43.7 Å². The van der Waals surface area contributed by atoms with E-state index in [1.807, 2.05) is 6.92 Å². The average Bonchev–Trinajstić information content (AvgIpc) is 2.74. The summed E-state index contributed by atoms with van der Waals surface area (Å²) in [6.07, 6.45) is 2.21. The molecule has 5 N–H and O–H groups in total. The molecule has 2 rings (SSSR count). The Bertz CT molecular complexity index is 947. The normalized spacial score (nSPS) is 10.4. The van der Waals surface area contributed by atoms with E-state index in [4.69, 9.17) is 20.9 Å². The maximum absolute atomic E-state index is 12.8. The highest BCUT2D eigenvalue weighted by Crippen LogP contribution is 2.30. The van der Waals surface area contributed by atoms with Crippen molar-refractivity contribution in [1.29, 1.82) is 0 Å². The minimum Gasteiger partial charge on any atom is -0.491 e. The number of nitrogens with two attached hydrogens (primary N) is 2. The van der Waals surface area contributed by atoms with Crippen molar-refractivity contribution < 1.29 is 24.0 Å². The third kappa shape index (κ3) is 6.68. The summed E-state index contributed by atoms with van der Waals surface area (Å²) in [6.45, 7) is 2.97. The first kappa shape index (κ1) is 23.6. The number of amides is 2. The number of rotatable bonds is 12. The van der Waals surface area contributed by atoms with Crippen LogP contribution >= 0.6 is 0 Å². The fraction of sp³-hybridized carbons (Fsp3) is 0.333. The summed E-state index contributed by atoms with van der Waals surface area (Å²) in [5.74, 6) is -0.854. The number of primary amides is 1. The van der Waals surface area contributed by atoms with Gasteiger partial charge in [0.05, 0.1) is 23.8 Å². The first-order chi connectivity index (χ1) is 14.9. The first-order valence-electron chi connectivity index (χ1n) is 9.86. The van der Waals surface area contributed by atoms with Crippen LogP contribution in [-0.2, 0) is 0 Å². The molecule has 0 spiro atoms. The molecule has 0 heterocycles.